The minimum atomic E-state index is -0.233. The van der Waals surface area contributed by atoms with E-state index in [0.29, 0.717) is 18.6 Å². The van der Waals surface area contributed by atoms with Crippen LogP contribution in [0.15, 0.2) is 40.5 Å². The fourth-order valence-corrected chi connectivity index (χ4v) is 3.73. The van der Waals surface area contributed by atoms with Gasteiger partial charge >= 0.3 is 5.97 Å². The Morgan fingerprint density at radius 3 is 2.45 bits per heavy atom. The summed E-state index contributed by atoms with van der Waals surface area (Å²) in [7, 11) is 0. The van der Waals surface area contributed by atoms with Gasteiger partial charge < -0.3 is 4.74 Å². The molecule has 3 rings (SSSR count). The van der Waals surface area contributed by atoms with Crippen molar-refractivity contribution in [2.45, 2.75) is 43.9 Å². The summed E-state index contributed by atoms with van der Waals surface area (Å²) in [4.78, 5) is 25.7. The van der Waals surface area contributed by atoms with Crippen LogP contribution < -0.4 is 0 Å². The summed E-state index contributed by atoms with van der Waals surface area (Å²) in [6.45, 7) is 4.08. The van der Waals surface area contributed by atoms with E-state index in [1.807, 2.05) is 44.4 Å². The van der Waals surface area contributed by atoms with Crippen LogP contribution in [0.4, 0.5) is 0 Å². The van der Waals surface area contributed by atoms with Gasteiger partial charge in [-0.25, -0.2) is 0 Å². The first-order chi connectivity index (χ1) is 10.4. The molecule has 0 saturated carbocycles. The number of ketones is 1. The van der Waals surface area contributed by atoms with Gasteiger partial charge in [0.2, 0.25) is 0 Å². The Balaban J connectivity index is 2.02. The maximum atomic E-state index is 12.6. The van der Waals surface area contributed by atoms with E-state index in [2.05, 4.69) is 0 Å². The van der Waals surface area contributed by atoms with Crippen molar-refractivity contribution >= 4 is 23.5 Å². The molecule has 0 radical (unpaired) electrons. The maximum Gasteiger partial charge on any atom is 0.311 e. The minimum Gasteiger partial charge on any atom is -0.431 e. The number of ether oxygens (including phenoxy) is 1. The third-order valence-corrected chi connectivity index (χ3v) is 5.10. The SMILES string of the molecule is CSc1ccc([C@@H]2CC(=O)OC3=C2C(=O)CC(C)(C)C3)cc1. The lowest BCUT2D eigenvalue weighted by atomic mass is 9.71. The van der Waals surface area contributed by atoms with Gasteiger partial charge in [-0.1, -0.05) is 26.0 Å². The molecule has 1 aromatic rings. The van der Waals surface area contributed by atoms with Gasteiger partial charge in [0.05, 0.1) is 6.42 Å². The molecular formula is C18H20O3S. The lowest BCUT2D eigenvalue weighted by Gasteiger charge is -2.36. The number of rotatable bonds is 2. The predicted molar refractivity (Wildman–Crippen MR) is 86.7 cm³/mol. The predicted octanol–water partition coefficient (Wildman–Crippen LogP) is 4.08. The van der Waals surface area contributed by atoms with Crippen LogP contribution in [0, 0.1) is 5.41 Å². The number of Topliss-reactive ketones (excluding diaryl/α,β-unsaturated/α-hetero) is 1. The summed E-state index contributed by atoms with van der Waals surface area (Å²) < 4.78 is 5.41. The van der Waals surface area contributed by atoms with E-state index in [1.54, 1.807) is 11.8 Å². The average molecular weight is 316 g/mol. The van der Waals surface area contributed by atoms with Crippen molar-refractivity contribution in [1.29, 1.82) is 0 Å². The largest absolute Gasteiger partial charge is 0.431 e. The summed E-state index contributed by atoms with van der Waals surface area (Å²) in [5.74, 6) is 0.327. The van der Waals surface area contributed by atoms with Gasteiger partial charge in [-0.05, 0) is 29.4 Å². The Labute approximate surface area is 135 Å². The second-order valence-electron chi connectivity index (χ2n) is 6.78. The molecule has 0 aromatic heterocycles. The zero-order valence-corrected chi connectivity index (χ0v) is 14.0. The van der Waals surface area contributed by atoms with Crippen molar-refractivity contribution in [3.05, 3.63) is 41.2 Å². The monoisotopic (exact) mass is 316 g/mol. The molecule has 116 valence electrons. The Hall–Kier alpha value is -1.55. The molecule has 3 nitrogen and oxygen atoms in total. The molecule has 1 aromatic carbocycles. The Bertz CT molecular complexity index is 655. The summed E-state index contributed by atoms with van der Waals surface area (Å²) in [5, 5.41) is 0. The Kier molecular flexibility index (Phi) is 3.89. The minimum absolute atomic E-state index is 0.123. The number of hydrogen-bond donors (Lipinski definition) is 0. The summed E-state index contributed by atoms with van der Waals surface area (Å²) >= 11 is 1.68. The van der Waals surface area contributed by atoms with Crippen molar-refractivity contribution in [3.63, 3.8) is 0 Å². The molecule has 0 unspecified atom stereocenters. The van der Waals surface area contributed by atoms with Gasteiger partial charge in [-0.15, -0.1) is 11.8 Å². The Morgan fingerprint density at radius 2 is 1.82 bits per heavy atom. The fraction of sp³-hybridized carbons (Fsp3) is 0.444. The highest BCUT2D eigenvalue weighted by Gasteiger charge is 2.41. The first kappa shape index (κ1) is 15.3. The number of benzene rings is 1. The molecule has 0 N–H and O–H groups in total. The van der Waals surface area contributed by atoms with E-state index in [-0.39, 0.29) is 29.5 Å². The highest BCUT2D eigenvalue weighted by molar-refractivity contribution is 7.98. The fourth-order valence-electron chi connectivity index (χ4n) is 3.33. The molecule has 2 aliphatic rings. The zero-order chi connectivity index (χ0) is 15.9. The van der Waals surface area contributed by atoms with Crippen molar-refractivity contribution in [3.8, 4) is 0 Å². The number of carbonyl (C=O) groups excluding carboxylic acids is 2. The number of allylic oxidation sites excluding steroid dienone is 2. The van der Waals surface area contributed by atoms with Gasteiger partial charge in [0.25, 0.3) is 0 Å². The van der Waals surface area contributed by atoms with E-state index >= 15 is 0 Å². The van der Waals surface area contributed by atoms with Gasteiger partial charge in [0.1, 0.15) is 5.76 Å². The molecule has 1 atom stereocenters. The van der Waals surface area contributed by atoms with Crippen LogP contribution in [0.5, 0.6) is 0 Å². The van der Waals surface area contributed by atoms with Gasteiger partial charge in [0.15, 0.2) is 5.78 Å². The topological polar surface area (TPSA) is 43.4 Å². The molecule has 0 bridgehead atoms. The molecule has 1 heterocycles. The van der Waals surface area contributed by atoms with Crippen LogP contribution in [0.2, 0.25) is 0 Å². The standard InChI is InChI=1S/C18H20O3S/c1-18(2)9-14(19)17-13(8-16(20)21-15(17)10-18)11-4-6-12(22-3)7-5-11/h4-7,13H,8-10H2,1-3H3/t13-/m0/s1. The summed E-state index contributed by atoms with van der Waals surface area (Å²) in [6, 6.07) is 8.12. The van der Waals surface area contributed by atoms with Crippen LogP contribution in [-0.2, 0) is 14.3 Å². The lowest BCUT2D eigenvalue weighted by Crippen LogP contribution is -2.33. The molecule has 4 heteroatoms. The van der Waals surface area contributed by atoms with Crippen LogP contribution in [-0.4, -0.2) is 18.0 Å². The summed E-state index contributed by atoms with van der Waals surface area (Å²) in [6.07, 6.45) is 3.45. The van der Waals surface area contributed by atoms with Crippen LogP contribution in [0.25, 0.3) is 0 Å². The number of thioether (sulfide) groups is 1. The van der Waals surface area contributed by atoms with E-state index in [4.69, 9.17) is 4.74 Å². The van der Waals surface area contributed by atoms with E-state index < -0.39 is 0 Å². The number of hydrogen-bond acceptors (Lipinski definition) is 4. The summed E-state index contributed by atoms with van der Waals surface area (Å²) in [5.41, 5.74) is 1.60. The number of carbonyl (C=O) groups is 2. The molecule has 1 aliphatic heterocycles. The molecule has 1 aliphatic carbocycles. The van der Waals surface area contributed by atoms with Crippen molar-refractivity contribution < 1.29 is 14.3 Å². The molecule has 0 fully saturated rings. The highest BCUT2D eigenvalue weighted by Crippen LogP contribution is 2.45. The van der Waals surface area contributed by atoms with Crippen LogP contribution in [0.3, 0.4) is 0 Å². The quantitative estimate of drug-likeness (QED) is 0.609. The molecular weight excluding hydrogens is 296 g/mol. The van der Waals surface area contributed by atoms with Crippen LogP contribution in [0.1, 0.15) is 44.6 Å². The molecule has 0 amide bonds. The molecule has 0 spiro atoms. The van der Waals surface area contributed by atoms with Crippen molar-refractivity contribution in [2.75, 3.05) is 6.26 Å². The first-order valence-electron chi connectivity index (χ1n) is 7.50. The molecule has 0 saturated heterocycles. The van der Waals surface area contributed by atoms with E-state index in [9.17, 15) is 9.59 Å². The normalized spacial score (nSPS) is 24.0. The second-order valence-corrected chi connectivity index (χ2v) is 7.66. The van der Waals surface area contributed by atoms with Gasteiger partial charge in [-0.2, -0.15) is 0 Å². The van der Waals surface area contributed by atoms with E-state index in [0.717, 1.165) is 11.1 Å². The smallest absolute Gasteiger partial charge is 0.311 e. The van der Waals surface area contributed by atoms with Gasteiger partial charge in [0, 0.05) is 29.2 Å². The first-order valence-corrected chi connectivity index (χ1v) is 8.73. The van der Waals surface area contributed by atoms with Crippen LogP contribution >= 0.6 is 11.8 Å². The highest BCUT2D eigenvalue weighted by atomic mass is 32.2. The van der Waals surface area contributed by atoms with E-state index in [1.165, 1.54) is 4.90 Å². The Morgan fingerprint density at radius 1 is 1.14 bits per heavy atom. The number of esters is 1. The maximum absolute atomic E-state index is 12.6. The third-order valence-electron chi connectivity index (χ3n) is 4.35. The zero-order valence-electron chi connectivity index (χ0n) is 13.1. The average Bonchev–Trinajstić information content (AvgIpc) is 2.44. The van der Waals surface area contributed by atoms with Crippen molar-refractivity contribution in [2.24, 2.45) is 5.41 Å². The van der Waals surface area contributed by atoms with Gasteiger partial charge in [-0.3, -0.25) is 9.59 Å². The third kappa shape index (κ3) is 2.84. The van der Waals surface area contributed by atoms with Crippen molar-refractivity contribution in [1.82, 2.24) is 0 Å². The molecule has 22 heavy (non-hydrogen) atoms. The lowest BCUT2D eigenvalue weighted by molar-refractivity contribution is -0.142. The second kappa shape index (κ2) is 5.58.